The zero-order valence-electron chi connectivity index (χ0n) is 11.2. The highest BCUT2D eigenvalue weighted by atomic mass is 16.6. The van der Waals surface area contributed by atoms with Gasteiger partial charge in [-0.1, -0.05) is 0 Å². The Morgan fingerprint density at radius 1 is 1.58 bits per heavy atom. The quantitative estimate of drug-likeness (QED) is 0.648. The lowest BCUT2D eigenvalue weighted by atomic mass is 9.99. The molecule has 1 aromatic rings. The SMILES string of the molecule is CCN(CC1CCCNC1)c1ccc([N+](=O)[O-])cn1. The molecular weight excluding hydrogens is 244 g/mol. The van der Waals surface area contributed by atoms with Gasteiger partial charge in [-0.2, -0.15) is 0 Å². The summed E-state index contributed by atoms with van der Waals surface area (Å²) in [4.78, 5) is 16.6. The van der Waals surface area contributed by atoms with Crippen LogP contribution < -0.4 is 10.2 Å². The number of hydrogen-bond donors (Lipinski definition) is 1. The van der Waals surface area contributed by atoms with Crippen LogP contribution in [0.3, 0.4) is 0 Å². The first-order chi connectivity index (χ1) is 9.20. The third kappa shape index (κ3) is 3.64. The molecule has 6 nitrogen and oxygen atoms in total. The molecule has 1 atom stereocenters. The second kappa shape index (κ2) is 6.47. The smallest absolute Gasteiger partial charge is 0.287 e. The average Bonchev–Trinajstić information content (AvgIpc) is 2.46. The Morgan fingerprint density at radius 3 is 2.95 bits per heavy atom. The second-order valence-electron chi connectivity index (χ2n) is 4.88. The Balaban J connectivity index is 2.01. The molecule has 6 heteroatoms. The number of nitrogens with one attached hydrogen (secondary N) is 1. The van der Waals surface area contributed by atoms with Gasteiger partial charge in [0.1, 0.15) is 12.0 Å². The lowest BCUT2D eigenvalue weighted by molar-refractivity contribution is -0.385. The summed E-state index contributed by atoms with van der Waals surface area (Å²) in [6.07, 6.45) is 3.78. The van der Waals surface area contributed by atoms with Crippen LogP contribution in [-0.4, -0.2) is 36.1 Å². The van der Waals surface area contributed by atoms with Crippen LogP contribution in [0.25, 0.3) is 0 Å². The van der Waals surface area contributed by atoms with Crippen molar-refractivity contribution in [2.45, 2.75) is 19.8 Å². The molecular formula is C13H20N4O2. The molecule has 0 spiro atoms. The van der Waals surface area contributed by atoms with E-state index in [2.05, 4.69) is 22.1 Å². The normalized spacial score (nSPS) is 19.1. The lowest BCUT2D eigenvalue weighted by Gasteiger charge is -2.30. The minimum Gasteiger partial charge on any atom is -0.357 e. The highest BCUT2D eigenvalue weighted by Gasteiger charge is 2.17. The summed E-state index contributed by atoms with van der Waals surface area (Å²) >= 11 is 0. The summed E-state index contributed by atoms with van der Waals surface area (Å²) < 4.78 is 0. The number of piperidine rings is 1. The number of nitrogens with zero attached hydrogens (tertiary/aromatic N) is 3. The zero-order valence-corrected chi connectivity index (χ0v) is 11.2. The molecule has 1 fully saturated rings. The van der Waals surface area contributed by atoms with Crippen LogP contribution in [-0.2, 0) is 0 Å². The highest BCUT2D eigenvalue weighted by Crippen LogP contribution is 2.19. The summed E-state index contributed by atoms with van der Waals surface area (Å²) in [5, 5.41) is 14.0. The van der Waals surface area contributed by atoms with Crippen molar-refractivity contribution in [2.24, 2.45) is 5.92 Å². The fourth-order valence-electron chi connectivity index (χ4n) is 2.45. The van der Waals surface area contributed by atoms with E-state index in [0.29, 0.717) is 5.92 Å². The maximum Gasteiger partial charge on any atom is 0.287 e. The zero-order chi connectivity index (χ0) is 13.7. The summed E-state index contributed by atoms with van der Waals surface area (Å²) in [6, 6.07) is 3.25. The van der Waals surface area contributed by atoms with Crippen LogP contribution in [0.2, 0.25) is 0 Å². The van der Waals surface area contributed by atoms with Crippen LogP contribution in [0.1, 0.15) is 19.8 Å². The molecule has 0 saturated carbocycles. The van der Waals surface area contributed by atoms with E-state index in [1.54, 1.807) is 6.07 Å². The molecule has 0 radical (unpaired) electrons. The molecule has 19 heavy (non-hydrogen) atoms. The Morgan fingerprint density at radius 2 is 2.42 bits per heavy atom. The van der Waals surface area contributed by atoms with Crippen molar-refractivity contribution in [1.82, 2.24) is 10.3 Å². The summed E-state index contributed by atoms with van der Waals surface area (Å²) in [7, 11) is 0. The van der Waals surface area contributed by atoms with E-state index in [1.807, 2.05) is 0 Å². The van der Waals surface area contributed by atoms with E-state index in [1.165, 1.54) is 25.1 Å². The van der Waals surface area contributed by atoms with Crippen LogP contribution in [0.4, 0.5) is 11.5 Å². The largest absolute Gasteiger partial charge is 0.357 e. The van der Waals surface area contributed by atoms with Crippen molar-refractivity contribution < 1.29 is 4.92 Å². The second-order valence-corrected chi connectivity index (χ2v) is 4.88. The topological polar surface area (TPSA) is 71.3 Å². The fourth-order valence-corrected chi connectivity index (χ4v) is 2.45. The van der Waals surface area contributed by atoms with Crippen molar-refractivity contribution in [3.63, 3.8) is 0 Å². The molecule has 1 N–H and O–H groups in total. The van der Waals surface area contributed by atoms with Crippen LogP contribution in [0, 0.1) is 16.0 Å². The van der Waals surface area contributed by atoms with E-state index in [0.717, 1.165) is 32.0 Å². The van der Waals surface area contributed by atoms with E-state index in [9.17, 15) is 10.1 Å². The molecule has 2 heterocycles. The summed E-state index contributed by atoms with van der Waals surface area (Å²) in [5.41, 5.74) is 0.0409. The molecule has 0 amide bonds. The number of aromatic nitrogens is 1. The standard InChI is InChI=1S/C13H20N4O2/c1-2-16(10-11-4-3-7-14-8-11)13-6-5-12(9-15-13)17(18)19/h5-6,9,11,14H,2-4,7-8,10H2,1H3. The maximum atomic E-state index is 10.6. The third-order valence-corrected chi connectivity index (χ3v) is 3.53. The first kappa shape index (κ1) is 13.7. The summed E-state index contributed by atoms with van der Waals surface area (Å²) in [5.74, 6) is 1.45. The molecule has 0 aromatic carbocycles. The summed E-state index contributed by atoms with van der Waals surface area (Å²) in [6.45, 7) is 6.05. The first-order valence-corrected chi connectivity index (χ1v) is 6.76. The predicted molar refractivity (Wildman–Crippen MR) is 74.4 cm³/mol. The molecule has 1 saturated heterocycles. The van der Waals surface area contributed by atoms with E-state index in [-0.39, 0.29) is 5.69 Å². The van der Waals surface area contributed by atoms with Crippen LogP contribution >= 0.6 is 0 Å². The third-order valence-electron chi connectivity index (χ3n) is 3.53. The fraction of sp³-hybridized carbons (Fsp3) is 0.615. The molecule has 2 rings (SSSR count). The predicted octanol–water partition coefficient (Wildman–Crippen LogP) is 1.82. The molecule has 1 aromatic heterocycles. The van der Waals surface area contributed by atoms with Gasteiger partial charge in [-0.15, -0.1) is 0 Å². The van der Waals surface area contributed by atoms with Gasteiger partial charge in [0.2, 0.25) is 0 Å². The number of rotatable bonds is 5. The molecule has 1 aliphatic rings. The van der Waals surface area contributed by atoms with Gasteiger partial charge in [-0.25, -0.2) is 4.98 Å². The maximum absolute atomic E-state index is 10.6. The number of hydrogen-bond acceptors (Lipinski definition) is 5. The van der Waals surface area contributed by atoms with Crippen LogP contribution in [0.5, 0.6) is 0 Å². The highest BCUT2D eigenvalue weighted by molar-refractivity contribution is 5.42. The van der Waals surface area contributed by atoms with Gasteiger partial charge in [0.15, 0.2) is 0 Å². The number of nitro groups is 1. The van der Waals surface area contributed by atoms with Crippen molar-refractivity contribution >= 4 is 11.5 Å². The van der Waals surface area contributed by atoms with Gasteiger partial charge in [0, 0.05) is 19.2 Å². The van der Waals surface area contributed by atoms with Gasteiger partial charge in [0.25, 0.3) is 5.69 Å². The van der Waals surface area contributed by atoms with Crippen LogP contribution in [0.15, 0.2) is 18.3 Å². The number of pyridine rings is 1. The Kier molecular flexibility index (Phi) is 4.68. The van der Waals surface area contributed by atoms with Gasteiger partial charge >= 0.3 is 0 Å². The average molecular weight is 264 g/mol. The van der Waals surface area contributed by atoms with Crippen molar-refractivity contribution in [2.75, 3.05) is 31.1 Å². The molecule has 0 bridgehead atoms. The monoisotopic (exact) mass is 264 g/mol. The molecule has 104 valence electrons. The van der Waals surface area contributed by atoms with Crippen molar-refractivity contribution in [1.29, 1.82) is 0 Å². The van der Waals surface area contributed by atoms with Gasteiger partial charge in [-0.3, -0.25) is 10.1 Å². The van der Waals surface area contributed by atoms with Gasteiger partial charge < -0.3 is 10.2 Å². The first-order valence-electron chi connectivity index (χ1n) is 6.76. The van der Waals surface area contributed by atoms with E-state index in [4.69, 9.17) is 0 Å². The van der Waals surface area contributed by atoms with Crippen molar-refractivity contribution in [3.8, 4) is 0 Å². The minimum atomic E-state index is -0.419. The Hall–Kier alpha value is -1.69. The van der Waals surface area contributed by atoms with Gasteiger partial charge in [-0.05, 0) is 44.8 Å². The Bertz CT molecular complexity index is 415. The molecule has 1 unspecified atom stereocenters. The lowest BCUT2D eigenvalue weighted by Crippen LogP contribution is -2.38. The van der Waals surface area contributed by atoms with Crippen molar-refractivity contribution in [3.05, 3.63) is 28.4 Å². The molecule has 0 aliphatic carbocycles. The molecule has 1 aliphatic heterocycles. The number of anilines is 1. The van der Waals surface area contributed by atoms with Gasteiger partial charge in [0.05, 0.1) is 4.92 Å². The van der Waals surface area contributed by atoms with E-state index < -0.39 is 4.92 Å². The minimum absolute atomic E-state index is 0.0409. The van der Waals surface area contributed by atoms with E-state index >= 15 is 0 Å². The Labute approximate surface area is 113 Å².